The normalized spacial score (nSPS) is 10.6. The molecule has 0 aromatic carbocycles. The van der Waals surface area contributed by atoms with Crippen molar-refractivity contribution in [1.29, 1.82) is 0 Å². The third-order valence-electron chi connectivity index (χ3n) is 2.04. The van der Waals surface area contributed by atoms with Crippen LogP contribution >= 0.6 is 23.1 Å². The van der Waals surface area contributed by atoms with E-state index >= 15 is 0 Å². The third kappa shape index (κ3) is 6.07. The Balaban J connectivity index is 2.07. The lowest BCUT2D eigenvalue weighted by atomic mass is 10.4. The van der Waals surface area contributed by atoms with Crippen LogP contribution in [0.2, 0.25) is 0 Å². The van der Waals surface area contributed by atoms with E-state index in [1.54, 1.807) is 6.07 Å². The summed E-state index contributed by atoms with van der Waals surface area (Å²) in [7, 11) is 0. The minimum Gasteiger partial charge on any atom is -0.477 e. The van der Waals surface area contributed by atoms with E-state index in [0.717, 1.165) is 35.9 Å². The highest BCUT2D eigenvalue weighted by atomic mass is 32.2. The molecule has 17 heavy (non-hydrogen) atoms. The number of aliphatic hydroxyl groups is 1. The molecule has 0 unspecified atom stereocenters. The first-order chi connectivity index (χ1) is 8.24. The van der Waals surface area contributed by atoms with Crippen LogP contribution in [0.4, 0.5) is 0 Å². The second-order valence-electron chi connectivity index (χ2n) is 3.44. The molecule has 0 amide bonds. The summed E-state index contributed by atoms with van der Waals surface area (Å²) in [6.45, 7) is 1.88. The Hall–Kier alpha value is -0.560. The van der Waals surface area contributed by atoms with Gasteiger partial charge in [0.1, 0.15) is 4.88 Å². The number of thioether (sulfide) groups is 1. The van der Waals surface area contributed by atoms with E-state index < -0.39 is 5.97 Å². The van der Waals surface area contributed by atoms with Crippen LogP contribution in [0.15, 0.2) is 12.1 Å². The van der Waals surface area contributed by atoms with Gasteiger partial charge in [0, 0.05) is 30.3 Å². The quantitative estimate of drug-likeness (QED) is 0.598. The number of nitrogens with one attached hydrogen (secondary N) is 1. The minimum atomic E-state index is -0.860. The highest BCUT2D eigenvalue weighted by Crippen LogP contribution is 2.15. The summed E-state index contributed by atoms with van der Waals surface area (Å²) in [5.74, 6) is 1.14. The average molecular weight is 275 g/mol. The zero-order valence-corrected chi connectivity index (χ0v) is 11.1. The zero-order chi connectivity index (χ0) is 12.5. The summed E-state index contributed by atoms with van der Waals surface area (Å²) in [5.41, 5.74) is 0. The number of hydrogen-bond donors (Lipinski definition) is 3. The predicted molar refractivity (Wildman–Crippen MR) is 72.0 cm³/mol. The highest BCUT2D eigenvalue weighted by molar-refractivity contribution is 7.99. The SMILES string of the molecule is O=C(O)c1ccc(CNCCSCCCO)s1. The molecule has 6 heteroatoms. The molecule has 0 aliphatic rings. The lowest BCUT2D eigenvalue weighted by Crippen LogP contribution is -2.16. The molecular weight excluding hydrogens is 258 g/mol. The highest BCUT2D eigenvalue weighted by Gasteiger charge is 2.05. The van der Waals surface area contributed by atoms with Gasteiger partial charge in [-0.2, -0.15) is 11.8 Å². The monoisotopic (exact) mass is 275 g/mol. The number of aliphatic hydroxyl groups excluding tert-OH is 1. The van der Waals surface area contributed by atoms with Crippen LogP contribution in [0.25, 0.3) is 0 Å². The van der Waals surface area contributed by atoms with Crippen molar-refractivity contribution in [1.82, 2.24) is 5.32 Å². The van der Waals surface area contributed by atoms with Crippen LogP contribution in [0, 0.1) is 0 Å². The van der Waals surface area contributed by atoms with Crippen molar-refractivity contribution in [3.8, 4) is 0 Å². The smallest absolute Gasteiger partial charge is 0.345 e. The molecule has 1 aromatic heterocycles. The van der Waals surface area contributed by atoms with Crippen molar-refractivity contribution in [3.63, 3.8) is 0 Å². The minimum absolute atomic E-state index is 0.258. The fourth-order valence-corrected chi connectivity index (χ4v) is 2.85. The molecule has 0 saturated carbocycles. The molecule has 0 fully saturated rings. The molecule has 0 aliphatic heterocycles. The summed E-state index contributed by atoms with van der Waals surface area (Å²) in [6, 6.07) is 3.49. The van der Waals surface area contributed by atoms with E-state index in [4.69, 9.17) is 10.2 Å². The molecule has 96 valence electrons. The van der Waals surface area contributed by atoms with Gasteiger partial charge in [-0.1, -0.05) is 0 Å². The molecule has 0 spiro atoms. The molecule has 1 rings (SSSR count). The first kappa shape index (κ1) is 14.5. The van der Waals surface area contributed by atoms with Crippen LogP contribution in [0.5, 0.6) is 0 Å². The maximum absolute atomic E-state index is 10.7. The molecule has 0 atom stereocenters. The average Bonchev–Trinajstić information content (AvgIpc) is 2.77. The molecule has 1 aromatic rings. The van der Waals surface area contributed by atoms with Gasteiger partial charge in [0.2, 0.25) is 0 Å². The largest absolute Gasteiger partial charge is 0.477 e. The fraction of sp³-hybridized carbons (Fsp3) is 0.545. The Morgan fingerprint density at radius 1 is 1.41 bits per heavy atom. The molecule has 0 bridgehead atoms. The van der Waals surface area contributed by atoms with Crippen LogP contribution < -0.4 is 5.32 Å². The van der Waals surface area contributed by atoms with Crippen molar-refractivity contribution in [2.75, 3.05) is 24.7 Å². The van der Waals surface area contributed by atoms with Crippen LogP contribution in [0.1, 0.15) is 21.0 Å². The summed E-state index contributed by atoms with van der Waals surface area (Å²) in [4.78, 5) is 12.1. The Kier molecular flexibility index (Phi) is 7.27. The third-order valence-corrected chi connectivity index (χ3v) is 4.19. The lowest BCUT2D eigenvalue weighted by molar-refractivity contribution is 0.0702. The number of carbonyl (C=O) groups is 1. The second-order valence-corrected chi connectivity index (χ2v) is 5.83. The number of carboxylic acid groups (broad SMARTS) is 1. The van der Waals surface area contributed by atoms with Crippen LogP contribution in [0.3, 0.4) is 0 Å². The van der Waals surface area contributed by atoms with Gasteiger partial charge in [-0.15, -0.1) is 11.3 Å². The van der Waals surface area contributed by atoms with Gasteiger partial charge in [-0.05, 0) is 24.3 Å². The van der Waals surface area contributed by atoms with Crippen molar-refractivity contribution in [2.45, 2.75) is 13.0 Å². The summed E-state index contributed by atoms with van der Waals surface area (Å²) in [5, 5.41) is 20.6. The van der Waals surface area contributed by atoms with Crippen LogP contribution in [-0.4, -0.2) is 40.8 Å². The Bertz CT molecular complexity index is 341. The van der Waals surface area contributed by atoms with Gasteiger partial charge in [0.25, 0.3) is 0 Å². The van der Waals surface area contributed by atoms with Crippen molar-refractivity contribution in [2.24, 2.45) is 0 Å². The molecule has 0 radical (unpaired) electrons. The first-order valence-corrected chi connectivity index (χ1v) is 7.42. The fourth-order valence-electron chi connectivity index (χ4n) is 1.21. The second kappa shape index (κ2) is 8.52. The number of thiophene rings is 1. The number of hydrogen-bond acceptors (Lipinski definition) is 5. The Labute approximate surface area is 109 Å². The van der Waals surface area contributed by atoms with E-state index in [-0.39, 0.29) is 6.61 Å². The van der Waals surface area contributed by atoms with Gasteiger partial charge in [-0.3, -0.25) is 0 Å². The molecule has 0 aliphatic carbocycles. The van der Waals surface area contributed by atoms with Gasteiger partial charge in [0.05, 0.1) is 0 Å². The predicted octanol–water partition coefficient (Wildman–Crippen LogP) is 1.65. The number of carboxylic acids is 1. The number of aromatic carboxylic acids is 1. The first-order valence-electron chi connectivity index (χ1n) is 5.45. The summed E-state index contributed by atoms with van der Waals surface area (Å²) in [6.07, 6.45) is 0.845. The summed E-state index contributed by atoms with van der Waals surface area (Å²) >= 11 is 3.12. The molecule has 0 saturated heterocycles. The van der Waals surface area contributed by atoms with Crippen LogP contribution in [-0.2, 0) is 6.54 Å². The molecule has 1 heterocycles. The van der Waals surface area contributed by atoms with Crippen molar-refractivity contribution >= 4 is 29.1 Å². The standard InChI is InChI=1S/C11H17NO3S2/c13-5-1-6-16-7-4-12-8-9-2-3-10(17-9)11(14)15/h2-3,12-13H,1,4-8H2,(H,14,15). The molecular formula is C11H17NO3S2. The molecule has 3 N–H and O–H groups in total. The maximum atomic E-state index is 10.7. The van der Waals surface area contributed by atoms with Crippen molar-refractivity contribution < 1.29 is 15.0 Å². The van der Waals surface area contributed by atoms with Gasteiger partial charge >= 0.3 is 5.97 Å². The van der Waals surface area contributed by atoms with Crippen molar-refractivity contribution in [3.05, 3.63) is 21.9 Å². The van der Waals surface area contributed by atoms with E-state index in [9.17, 15) is 4.79 Å². The Morgan fingerprint density at radius 3 is 2.88 bits per heavy atom. The van der Waals surface area contributed by atoms with Gasteiger partial charge < -0.3 is 15.5 Å². The lowest BCUT2D eigenvalue weighted by Gasteiger charge is -2.02. The molecule has 4 nitrogen and oxygen atoms in total. The van der Waals surface area contributed by atoms with Gasteiger partial charge in [-0.25, -0.2) is 4.79 Å². The van der Waals surface area contributed by atoms with E-state index in [1.807, 2.05) is 17.8 Å². The summed E-state index contributed by atoms with van der Waals surface area (Å²) < 4.78 is 0. The maximum Gasteiger partial charge on any atom is 0.345 e. The van der Waals surface area contributed by atoms with Gasteiger partial charge in [0.15, 0.2) is 0 Å². The van der Waals surface area contributed by atoms with E-state index in [2.05, 4.69) is 5.32 Å². The Morgan fingerprint density at radius 2 is 2.24 bits per heavy atom. The topological polar surface area (TPSA) is 69.6 Å². The zero-order valence-electron chi connectivity index (χ0n) is 9.52. The van der Waals surface area contributed by atoms with E-state index in [0.29, 0.717) is 4.88 Å². The van der Waals surface area contributed by atoms with E-state index in [1.165, 1.54) is 11.3 Å². The number of rotatable bonds is 9.